The Bertz CT molecular complexity index is 1000. The molecule has 1 heterocycles. The normalized spacial score (nSPS) is 17.2. The Morgan fingerprint density at radius 2 is 1.85 bits per heavy atom. The van der Waals surface area contributed by atoms with E-state index in [0.29, 0.717) is 0 Å². The number of methoxy groups -OCH3 is 1. The van der Waals surface area contributed by atoms with E-state index in [0.717, 1.165) is 29.1 Å². The molecule has 3 rings (SSSR count). The van der Waals surface area contributed by atoms with Gasteiger partial charge in [-0.1, -0.05) is 17.7 Å². The van der Waals surface area contributed by atoms with Crippen molar-refractivity contribution in [3.63, 3.8) is 0 Å². The lowest BCUT2D eigenvalue weighted by Gasteiger charge is -2.24. The van der Waals surface area contributed by atoms with Gasteiger partial charge in [-0.2, -0.15) is 0 Å². The first-order valence-electron chi connectivity index (χ1n) is 8.26. The molecule has 0 saturated heterocycles. The highest BCUT2D eigenvalue weighted by molar-refractivity contribution is 7.92. The van der Waals surface area contributed by atoms with Crippen LogP contribution in [-0.2, 0) is 19.6 Å². The standard InChI is InChI=1S/C19H18FNO5S/c1-12-3-6-14(7-4-12)27(24,25)21-10-9-15(19(23)26-2)18(22)16-11-13(20)5-8-17(16)21/h3-8,11,15H,9-10H2,1-2H3. The van der Waals surface area contributed by atoms with Gasteiger partial charge in [0.05, 0.1) is 17.7 Å². The van der Waals surface area contributed by atoms with E-state index >= 15 is 0 Å². The fourth-order valence-electron chi connectivity index (χ4n) is 3.06. The van der Waals surface area contributed by atoms with Crippen molar-refractivity contribution in [2.45, 2.75) is 18.2 Å². The molecule has 0 spiro atoms. The Balaban J connectivity index is 2.15. The molecule has 0 amide bonds. The number of carbonyl (C=O) groups is 2. The number of aryl methyl sites for hydroxylation is 1. The van der Waals surface area contributed by atoms with Gasteiger partial charge in [-0.15, -0.1) is 0 Å². The molecule has 0 aromatic heterocycles. The third-order valence-corrected chi connectivity index (χ3v) is 6.35. The van der Waals surface area contributed by atoms with Crippen LogP contribution in [0.3, 0.4) is 0 Å². The number of ketones is 1. The van der Waals surface area contributed by atoms with Gasteiger partial charge in [-0.3, -0.25) is 13.9 Å². The summed E-state index contributed by atoms with van der Waals surface area (Å²) in [6, 6.07) is 9.56. The van der Waals surface area contributed by atoms with Crippen molar-refractivity contribution in [2.75, 3.05) is 18.0 Å². The van der Waals surface area contributed by atoms with E-state index in [2.05, 4.69) is 4.74 Å². The summed E-state index contributed by atoms with van der Waals surface area (Å²) in [6.45, 7) is 1.72. The van der Waals surface area contributed by atoms with Crippen molar-refractivity contribution in [3.8, 4) is 0 Å². The summed E-state index contributed by atoms with van der Waals surface area (Å²) in [6.07, 6.45) is -0.0626. The minimum absolute atomic E-state index is 0.0485. The van der Waals surface area contributed by atoms with Crippen LogP contribution < -0.4 is 4.31 Å². The number of sulfonamides is 1. The third kappa shape index (κ3) is 3.44. The minimum Gasteiger partial charge on any atom is -0.468 e. The molecule has 0 bridgehead atoms. The van der Waals surface area contributed by atoms with Gasteiger partial charge in [0, 0.05) is 12.1 Å². The van der Waals surface area contributed by atoms with Crippen LogP contribution in [-0.4, -0.2) is 33.8 Å². The molecule has 2 aromatic rings. The molecule has 27 heavy (non-hydrogen) atoms. The second kappa shape index (κ2) is 7.11. The predicted molar refractivity (Wildman–Crippen MR) is 96.6 cm³/mol. The van der Waals surface area contributed by atoms with Crippen molar-refractivity contribution in [1.29, 1.82) is 0 Å². The Hall–Kier alpha value is -2.74. The van der Waals surface area contributed by atoms with Crippen molar-refractivity contribution in [1.82, 2.24) is 0 Å². The number of ether oxygens (including phenoxy) is 1. The number of hydrogen-bond donors (Lipinski definition) is 0. The molecule has 1 aliphatic heterocycles. The number of esters is 1. The molecule has 0 saturated carbocycles. The molecular weight excluding hydrogens is 373 g/mol. The van der Waals surface area contributed by atoms with Gasteiger partial charge in [-0.05, 0) is 43.7 Å². The fourth-order valence-corrected chi connectivity index (χ4v) is 4.56. The van der Waals surface area contributed by atoms with Crippen LogP contribution in [0, 0.1) is 18.7 Å². The SMILES string of the molecule is COC(=O)C1CCN(S(=O)(=O)c2ccc(C)cc2)c2ccc(F)cc2C1=O. The quantitative estimate of drug-likeness (QED) is 0.594. The molecule has 0 N–H and O–H groups in total. The fraction of sp³-hybridized carbons (Fsp3) is 0.263. The highest BCUT2D eigenvalue weighted by Crippen LogP contribution is 2.34. The summed E-state index contributed by atoms with van der Waals surface area (Å²) in [5, 5.41) is 0. The summed E-state index contributed by atoms with van der Waals surface area (Å²) >= 11 is 0. The lowest BCUT2D eigenvalue weighted by molar-refractivity contribution is -0.143. The van der Waals surface area contributed by atoms with Crippen molar-refractivity contribution < 1.29 is 27.1 Å². The maximum Gasteiger partial charge on any atom is 0.316 e. The van der Waals surface area contributed by atoms with Gasteiger partial charge < -0.3 is 4.74 Å². The molecule has 0 fully saturated rings. The molecule has 1 unspecified atom stereocenters. The van der Waals surface area contributed by atoms with E-state index < -0.39 is 33.5 Å². The van der Waals surface area contributed by atoms with E-state index in [4.69, 9.17) is 0 Å². The summed E-state index contributed by atoms with van der Waals surface area (Å²) in [5.74, 6) is -3.31. The van der Waals surface area contributed by atoms with Crippen LogP contribution >= 0.6 is 0 Å². The summed E-state index contributed by atoms with van der Waals surface area (Å²) in [5.41, 5.74) is 0.792. The Morgan fingerprint density at radius 1 is 1.19 bits per heavy atom. The molecule has 8 heteroatoms. The van der Waals surface area contributed by atoms with Crippen LogP contribution in [0.25, 0.3) is 0 Å². The van der Waals surface area contributed by atoms with Gasteiger partial charge >= 0.3 is 5.97 Å². The summed E-state index contributed by atoms with van der Waals surface area (Å²) in [7, 11) is -2.85. The first-order valence-corrected chi connectivity index (χ1v) is 9.70. The molecule has 2 aromatic carbocycles. The molecular formula is C19H18FNO5S. The third-order valence-electron chi connectivity index (χ3n) is 4.52. The zero-order valence-electron chi connectivity index (χ0n) is 14.8. The average Bonchev–Trinajstić information content (AvgIpc) is 2.78. The van der Waals surface area contributed by atoms with E-state index in [9.17, 15) is 22.4 Å². The number of rotatable bonds is 3. The Labute approximate surface area is 156 Å². The van der Waals surface area contributed by atoms with Gasteiger partial charge in [0.2, 0.25) is 0 Å². The topological polar surface area (TPSA) is 80.8 Å². The lowest BCUT2D eigenvalue weighted by Crippen LogP contribution is -2.33. The number of anilines is 1. The number of benzene rings is 2. The van der Waals surface area contributed by atoms with E-state index in [-0.39, 0.29) is 29.1 Å². The monoisotopic (exact) mass is 391 g/mol. The molecule has 0 radical (unpaired) electrons. The second-order valence-electron chi connectivity index (χ2n) is 6.28. The van der Waals surface area contributed by atoms with Crippen LogP contribution in [0.4, 0.5) is 10.1 Å². The number of halogens is 1. The molecule has 1 atom stereocenters. The van der Waals surface area contributed by atoms with Gasteiger partial charge in [0.25, 0.3) is 10.0 Å². The Morgan fingerprint density at radius 3 is 2.48 bits per heavy atom. The first kappa shape index (κ1) is 19.0. The molecule has 1 aliphatic rings. The number of fused-ring (bicyclic) bond motifs is 1. The van der Waals surface area contributed by atoms with E-state index in [1.807, 2.05) is 6.92 Å². The zero-order chi connectivity index (χ0) is 19.8. The maximum atomic E-state index is 13.8. The number of Topliss-reactive ketones (excluding diaryl/α,β-unsaturated/α-hetero) is 1. The molecule has 0 aliphatic carbocycles. The van der Waals surface area contributed by atoms with Crippen molar-refractivity contribution >= 4 is 27.5 Å². The largest absolute Gasteiger partial charge is 0.468 e. The van der Waals surface area contributed by atoms with Crippen LogP contribution in [0.1, 0.15) is 22.3 Å². The Kier molecular flexibility index (Phi) is 5.01. The van der Waals surface area contributed by atoms with Crippen LogP contribution in [0.2, 0.25) is 0 Å². The summed E-state index contributed by atoms with van der Waals surface area (Å²) < 4.78 is 45.8. The van der Waals surface area contributed by atoms with Crippen molar-refractivity contribution in [3.05, 3.63) is 59.4 Å². The predicted octanol–water partition coefficient (Wildman–Crippen LogP) is 2.71. The number of hydrogen-bond acceptors (Lipinski definition) is 5. The smallest absolute Gasteiger partial charge is 0.316 e. The maximum absolute atomic E-state index is 13.8. The van der Waals surface area contributed by atoms with E-state index in [1.54, 1.807) is 12.1 Å². The van der Waals surface area contributed by atoms with Crippen LogP contribution in [0.5, 0.6) is 0 Å². The van der Waals surface area contributed by atoms with Gasteiger partial charge in [-0.25, -0.2) is 12.8 Å². The molecule has 6 nitrogen and oxygen atoms in total. The second-order valence-corrected chi connectivity index (χ2v) is 8.14. The number of carbonyl (C=O) groups excluding carboxylic acids is 2. The van der Waals surface area contributed by atoms with Crippen LogP contribution in [0.15, 0.2) is 47.4 Å². The summed E-state index contributed by atoms with van der Waals surface area (Å²) in [4.78, 5) is 24.8. The van der Waals surface area contributed by atoms with Gasteiger partial charge in [0.1, 0.15) is 11.7 Å². The van der Waals surface area contributed by atoms with Gasteiger partial charge in [0.15, 0.2) is 5.78 Å². The number of nitrogens with zero attached hydrogens (tertiary/aromatic N) is 1. The van der Waals surface area contributed by atoms with Crippen molar-refractivity contribution in [2.24, 2.45) is 5.92 Å². The highest BCUT2D eigenvalue weighted by atomic mass is 32.2. The highest BCUT2D eigenvalue weighted by Gasteiger charge is 2.38. The lowest BCUT2D eigenvalue weighted by atomic mass is 9.95. The first-order chi connectivity index (χ1) is 12.8. The zero-order valence-corrected chi connectivity index (χ0v) is 15.6. The average molecular weight is 391 g/mol. The molecule has 142 valence electrons. The van der Waals surface area contributed by atoms with E-state index in [1.165, 1.54) is 18.2 Å². The minimum atomic E-state index is -4.00.